The minimum Gasteiger partial charge on any atom is -0.309 e. The lowest BCUT2D eigenvalue weighted by Crippen LogP contribution is -2.44. The Morgan fingerprint density at radius 1 is 1.18 bits per heavy atom. The molecule has 1 fully saturated rings. The molecule has 0 saturated carbocycles. The highest BCUT2D eigenvalue weighted by molar-refractivity contribution is 8.00. The van der Waals surface area contributed by atoms with Crippen LogP contribution >= 0.6 is 11.8 Å². The molecule has 0 spiro atoms. The number of likely N-dealkylation sites (tertiary alicyclic amines) is 1. The number of anilines is 1. The Kier molecular flexibility index (Phi) is 5.59. The molecule has 3 aromatic rings. The number of aromatic nitrogens is 3. The molecule has 3 aliphatic heterocycles. The van der Waals surface area contributed by atoms with E-state index in [-0.39, 0.29) is 23.3 Å². The van der Waals surface area contributed by atoms with Gasteiger partial charge >= 0.3 is 0 Å². The van der Waals surface area contributed by atoms with E-state index in [9.17, 15) is 14.0 Å². The first-order chi connectivity index (χ1) is 16.5. The summed E-state index contributed by atoms with van der Waals surface area (Å²) >= 11 is 1.51. The number of carbonyl (C=O) groups is 1. The second-order valence-corrected chi connectivity index (χ2v) is 10.2. The van der Waals surface area contributed by atoms with Gasteiger partial charge in [0.1, 0.15) is 11.6 Å². The largest absolute Gasteiger partial charge is 0.309 e. The summed E-state index contributed by atoms with van der Waals surface area (Å²) in [5.41, 5.74) is 2.76. The molecule has 1 amide bonds. The van der Waals surface area contributed by atoms with Crippen molar-refractivity contribution < 1.29 is 9.18 Å². The van der Waals surface area contributed by atoms with E-state index in [1.165, 1.54) is 24.0 Å². The number of nitrogens with one attached hydrogen (secondary N) is 2. The van der Waals surface area contributed by atoms with Crippen LogP contribution in [0.2, 0.25) is 0 Å². The van der Waals surface area contributed by atoms with E-state index in [0.717, 1.165) is 43.1 Å². The average molecular weight is 481 g/mol. The second-order valence-electron chi connectivity index (χ2n) is 9.16. The van der Waals surface area contributed by atoms with Gasteiger partial charge < -0.3 is 20.1 Å². The summed E-state index contributed by atoms with van der Waals surface area (Å²) in [6.07, 6.45) is 3.77. The van der Waals surface area contributed by atoms with Gasteiger partial charge in [0.05, 0.1) is 39.6 Å². The minimum absolute atomic E-state index is 0.00894. The van der Waals surface area contributed by atoms with Gasteiger partial charge in [-0.25, -0.2) is 9.37 Å². The molecule has 1 unspecified atom stereocenters. The van der Waals surface area contributed by atoms with Crippen LogP contribution in [0.1, 0.15) is 30.1 Å². The van der Waals surface area contributed by atoms with Crippen molar-refractivity contribution in [2.75, 3.05) is 30.7 Å². The molecule has 1 atom stereocenters. The lowest BCUT2D eigenvalue weighted by atomic mass is 10.0. The molecule has 0 radical (unpaired) electrons. The summed E-state index contributed by atoms with van der Waals surface area (Å²) in [4.78, 5) is 36.3. The van der Waals surface area contributed by atoms with Crippen molar-refractivity contribution in [3.05, 3.63) is 57.9 Å². The Morgan fingerprint density at radius 2 is 2.03 bits per heavy atom. The summed E-state index contributed by atoms with van der Waals surface area (Å²) in [7, 11) is 0. The van der Waals surface area contributed by atoms with Crippen LogP contribution in [0.15, 0.2) is 40.2 Å². The van der Waals surface area contributed by atoms with E-state index in [2.05, 4.69) is 25.5 Å². The Balaban J connectivity index is 1.06. The molecule has 0 bridgehead atoms. The van der Waals surface area contributed by atoms with E-state index in [0.29, 0.717) is 47.2 Å². The molecule has 34 heavy (non-hydrogen) atoms. The molecule has 8 nitrogen and oxygen atoms in total. The monoisotopic (exact) mass is 480 g/mol. The Bertz CT molecular complexity index is 1340. The fourth-order valence-electron chi connectivity index (χ4n) is 5.26. The van der Waals surface area contributed by atoms with Gasteiger partial charge in [-0.05, 0) is 50.6 Å². The molecule has 2 N–H and O–H groups in total. The number of fused-ring (bicyclic) bond motifs is 1. The number of halogens is 1. The molecule has 6 heterocycles. The number of carbonyl (C=O) groups excluding carboxylic acids is 1. The Morgan fingerprint density at radius 3 is 2.88 bits per heavy atom. The predicted molar refractivity (Wildman–Crippen MR) is 129 cm³/mol. The third kappa shape index (κ3) is 3.99. The Hall–Kier alpha value is -2.82. The first-order valence-electron chi connectivity index (χ1n) is 11.6. The van der Waals surface area contributed by atoms with Crippen LogP contribution in [0.5, 0.6) is 0 Å². The second kappa shape index (κ2) is 8.75. The zero-order chi connectivity index (χ0) is 23.2. The van der Waals surface area contributed by atoms with Crippen LogP contribution in [0.25, 0.3) is 11.0 Å². The van der Waals surface area contributed by atoms with E-state index in [1.807, 2.05) is 12.1 Å². The first kappa shape index (κ1) is 21.7. The van der Waals surface area contributed by atoms with Crippen LogP contribution in [0.3, 0.4) is 0 Å². The number of nitrogens with zero attached hydrogens (tertiary/aromatic N) is 4. The summed E-state index contributed by atoms with van der Waals surface area (Å²) in [5, 5.41) is 6.44. The van der Waals surface area contributed by atoms with Crippen molar-refractivity contribution in [3.8, 4) is 0 Å². The maximum atomic E-state index is 14.4. The van der Waals surface area contributed by atoms with Crippen LogP contribution in [0, 0.1) is 5.82 Å². The quantitative estimate of drug-likeness (QED) is 0.579. The summed E-state index contributed by atoms with van der Waals surface area (Å²) in [6.45, 7) is 3.21. The first-order valence-corrected chi connectivity index (χ1v) is 12.6. The minimum atomic E-state index is -0.328. The number of hydrogen-bond donors (Lipinski definition) is 2. The van der Waals surface area contributed by atoms with E-state index < -0.39 is 0 Å². The van der Waals surface area contributed by atoms with Crippen molar-refractivity contribution in [3.63, 3.8) is 0 Å². The molecule has 3 aliphatic rings. The maximum absolute atomic E-state index is 14.4. The topological polar surface area (TPSA) is 92.2 Å². The van der Waals surface area contributed by atoms with Gasteiger partial charge in [-0.3, -0.25) is 14.6 Å². The van der Waals surface area contributed by atoms with Gasteiger partial charge in [0.25, 0.3) is 5.56 Å². The van der Waals surface area contributed by atoms with Crippen molar-refractivity contribution in [1.29, 1.82) is 0 Å². The van der Waals surface area contributed by atoms with Crippen molar-refractivity contribution in [1.82, 2.24) is 24.8 Å². The third-order valence-corrected chi connectivity index (χ3v) is 8.01. The lowest BCUT2D eigenvalue weighted by Gasteiger charge is -2.34. The molecular weight excluding hydrogens is 455 g/mol. The van der Waals surface area contributed by atoms with Crippen LogP contribution in [-0.2, 0) is 17.8 Å². The highest BCUT2D eigenvalue weighted by Crippen LogP contribution is 2.32. The molecular formula is C24H25FN6O2S. The Labute approximate surface area is 200 Å². The molecule has 0 aromatic carbocycles. The number of rotatable bonds is 5. The number of thioether (sulfide) groups is 1. The van der Waals surface area contributed by atoms with Gasteiger partial charge in [-0.1, -0.05) is 0 Å². The van der Waals surface area contributed by atoms with Gasteiger partial charge in [-0.2, -0.15) is 0 Å². The van der Waals surface area contributed by atoms with Crippen LogP contribution in [-0.4, -0.2) is 56.8 Å². The molecule has 176 valence electrons. The highest BCUT2D eigenvalue weighted by atomic mass is 32.2. The van der Waals surface area contributed by atoms with Gasteiger partial charge in [0.2, 0.25) is 5.91 Å². The molecule has 1 saturated heterocycles. The van der Waals surface area contributed by atoms with E-state index in [1.54, 1.807) is 10.6 Å². The predicted octanol–water partition coefficient (Wildman–Crippen LogP) is 2.33. The van der Waals surface area contributed by atoms with Crippen molar-refractivity contribution in [2.24, 2.45) is 0 Å². The average Bonchev–Trinajstić information content (AvgIpc) is 3.23. The summed E-state index contributed by atoms with van der Waals surface area (Å²) in [5.74, 6) is 0.759. The summed E-state index contributed by atoms with van der Waals surface area (Å²) in [6, 6.07) is 7.56. The van der Waals surface area contributed by atoms with Crippen LogP contribution in [0.4, 0.5) is 10.2 Å². The zero-order valence-corrected chi connectivity index (χ0v) is 19.4. The zero-order valence-electron chi connectivity index (χ0n) is 18.6. The number of pyridine rings is 3. The van der Waals surface area contributed by atoms with Gasteiger partial charge in [-0.15, -0.1) is 11.8 Å². The number of amides is 1. The molecule has 3 aromatic heterocycles. The normalized spacial score (nSPS) is 20.5. The molecule has 10 heteroatoms. The lowest BCUT2D eigenvalue weighted by molar-refractivity contribution is -0.113. The number of hydrogen-bond acceptors (Lipinski definition) is 7. The maximum Gasteiger partial charge on any atom is 0.251 e. The van der Waals surface area contributed by atoms with E-state index >= 15 is 0 Å². The van der Waals surface area contributed by atoms with Gasteiger partial charge in [0, 0.05) is 30.8 Å². The van der Waals surface area contributed by atoms with E-state index in [4.69, 9.17) is 0 Å². The third-order valence-electron chi connectivity index (χ3n) is 6.96. The molecule has 6 rings (SSSR count). The van der Waals surface area contributed by atoms with Crippen molar-refractivity contribution >= 4 is 34.5 Å². The van der Waals surface area contributed by atoms with Crippen LogP contribution < -0.4 is 16.2 Å². The SMILES string of the molecule is O=C1CSc2ccc(CNC3CCN(CC4Cc5c(F)cnc6ccc(=O)n4c56)CC3)nc2N1. The number of piperidine rings is 1. The standard InChI is InChI=1S/C24H25FN6O2S/c25-18-11-27-19-2-4-22(33)31-16(9-17(18)23(19)31)12-30-7-5-14(6-8-30)26-10-15-1-3-20-24(28-15)29-21(32)13-34-20/h1-4,11,14,16,26H,5-10,12-13H2,(H,28,29,32). The fourth-order valence-corrected chi connectivity index (χ4v) is 6.02. The summed E-state index contributed by atoms with van der Waals surface area (Å²) < 4.78 is 16.1. The highest BCUT2D eigenvalue weighted by Gasteiger charge is 2.31. The fraction of sp³-hybridized carbons (Fsp3) is 0.417. The van der Waals surface area contributed by atoms with Gasteiger partial charge in [0.15, 0.2) is 0 Å². The molecule has 0 aliphatic carbocycles. The van der Waals surface area contributed by atoms with Crippen molar-refractivity contribution in [2.45, 2.75) is 42.8 Å². The smallest absolute Gasteiger partial charge is 0.251 e.